The number of carbonyl (C=O) groups is 1. The van der Waals surface area contributed by atoms with Crippen molar-refractivity contribution in [1.82, 2.24) is 9.62 Å². The maximum absolute atomic E-state index is 12.7. The maximum Gasteiger partial charge on any atom is 0.252 e. The molecule has 1 amide bonds. The van der Waals surface area contributed by atoms with Gasteiger partial charge in [0.15, 0.2) is 0 Å². The molecule has 1 aromatic carbocycles. The van der Waals surface area contributed by atoms with Crippen LogP contribution >= 0.6 is 11.3 Å². The van der Waals surface area contributed by atoms with Crippen molar-refractivity contribution in [2.24, 2.45) is 5.92 Å². The van der Waals surface area contributed by atoms with Crippen LogP contribution < -0.4 is 10.1 Å². The predicted octanol–water partition coefficient (Wildman–Crippen LogP) is 2.91. The Morgan fingerprint density at radius 3 is 2.75 bits per heavy atom. The minimum Gasteiger partial charge on any atom is -0.497 e. The van der Waals surface area contributed by atoms with Gasteiger partial charge in [0.2, 0.25) is 5.91 Å². The van der Waals surface area contributed by atoms with Gasteiger partial charge in [-0.1, -0.05) is 18.2 Å². The third-order valence-electron chi connectivity index (χ3n) is 4.94. The number of rotatable bonds is 8. The molecule has 1 aromatic heterocycles. The molecule has 6 nitrogen and oxygen atoms in total. The first kappa shape index (κ1) is 20.8. The van der Waals surface area contributed by atoms with E-state index in [1.807, 2.05) is 24.3 Å². The molecule has 2 heterocycles. The molecule has 0 spiro atoms. The second kappa shape index (κ2) is 9.54. The van der Waals surface area contributed by atoms with Gasteiger partial charge in [0.1, 0.15) is 9.96 Å². The summed E-state index contributed by atoms with van der Waals surface area (Å²) < 4.78 is 32.3. The molecular formula is C20H26N2O4S2. The van der Waals surface area contributed by atoms with Crippen LogP contribution in [0.3, 0.4) is 0 Å². The fraction of sp³-hybridized carbons (Fsp3) is 0.450. The monoisotopic (exact) mass is 422 g/mol. The first-order chi connectivity index (χ1) is 13.5. The Morgan fingerprint density at radius 1 is 1.29 bits per heavy atom. The Hall–Kier alpha value is -1.90. The molecule has 152 valence electrons. The van der Waals surface area contributed by atoms with Crippen molar-refractivity contribution in [1.29, 1.82) is 0 Å². The molecular weight excluding hydrogens is 396 g/mol. The van der Waals surface area contributed by atoms with Gasteiger partial charge >= 0.3 is 0 Å². The van der Waals surface area contributed by atoms with Crippen molar-refractivity contribution >= 4 is 27.3 Å². The fourth-order valence-electron chi connectivity index (χ4n) is 3.35. The third kappa shape index (κ3) is 5.12. The number of hydrogen-bond acceptors (Lipinski definition) is 5. The van der Waals surface area contributed by atoms with Crippen LogP contribution in [0.15, 0.2) is 46.0 Å². The van der Waals surface area contributed by atoms with Crippen LogP contribution in [-0.2, 0) is 21.2 Å². The number of benzene rings is 1. The van der Waals surface area contributed by atoms with E-state index in [9.17, 15) is 13.2 Å². The zero-order valence-electron chi connectivity index (χ0n) is 16.0. The first-order valence-corrected chi connectivity index (χ1v) is 11.8. The molecule has 3 rings (SSSR count). The highest BCUT2D eigenvalue weighted by Gasteiger charge is 2.33. The van der Waals surface area contributed by atoms with Crippen LogP contribution in [0.4, 0.5) is 0 Å². The van der Waals surface area contributed by atoms with E-state index in [1.165, 1.54) is 21.2 Å². The van der Waals surface area contributed by atoms with E-state index in [0.29, 0.717) is 23.7 Å². The molecule has 1 fully saturated rings. The van der Waals surface area contributed by atoms with Gasteiger partial charge in [-0.05, 0) is 54.8 Å². The molecule has 8 heteroatoms. The summed E-state index contributed by atoms with van der Waals surface area (Å²) >= 11 is 1.21. The number of aryl methyl sites for hydroxylation is 1. The van der Waals surface area contributed by atoms with Gasteiger partial charge in [-0.15, -0.1) is 11.3 Å². The van der Waals surface area contributed by atoms with Crippen LogP contribution in [0.1, 0.15) is 24.8 Å². The number of sulfonamides is 1. The van der Waals surface area contributed by atoms with Crippen LogP contribution in [0, 0.1) is 5.92 Å². The molecule has 28 heavy (non-hydrogen) atoms. The highest BCUT2D eigenvalue weighted by Crippen LogP contribution is 2.26. The number of methoxy groups -OCH3 is 1. The van der Waals surface area contributed by atoms with Crippen molar-refractivity contribution in [3.63, 3.8) is 0 Å². The maximum atomic E-state index is 12.7. The van der Waals surface area contributed by atoms with E-state index in [1.54, 1.807) is 24.6 Å². The van der Waals surface area contributed by atoms with Crippen LogP contribution in [0.25, 0.3) is 0 Å². The van der Waals surface area contributed by atoms with Gasteiger partial charge in [0.25, 0.3) is 10.0 Å². The van der Waals surface area contributed by atoms with Gasteiger partial charge in [-0.2, -0.15) is 4.31 Å². The molecule has 1 aliphatic rings. The summed E-state index contributed by atoms with van der Waals surface area (Å²) in [5.41, 5.74) is 1.20. The van der Waals surface area contributed by atoms with E-state index in [-0.39, 0.29) is 18.4 Å². The lowest BCUT2D eigenvalue weighted by molar-refractivity contribution is -0.126. The van der Waals surface area contributed by atoms with Gasteiger partial charge in [0.05, 0.1) is 13.0 Å². The minimum absolute atomic E-state index is 0.0548. The molecule has 0 radical (unpaired) electrons. The standard InChI is InChI=1S/C20H26N2O4S2/c1-26-18-10-8-16(9-11-18)5-2-12-21-20(23)17-6-3-13-22(15-17)28(24,25)19-7-4-14-27-19/h4,7-11,14,17H,2-3,5-6,12-13,15H2,1H3,(H,21,23)/t17-/m0/s1. The average molecular weight is 423 g/mol. The Morgan fingerprint density at radius 2 is 2.07 bits per heavy atom. The fourth-order valence-corrected chi connectivity index (χ4v) is 6.02. The van der Waals surface area contributed by atoms with E-state index in [4.69, 9.17) is 4.74 Å². The number of ether oxygens (including phenoxy) is 1. The molecule has 1 saturated heterocycles. The molecule has 0 aliphatic carbocycles. The molecule has 0 bridgehead atoms. The first-order valence-electron chi connectivity index (χ1n) is 9.45. The SMILES string of the molecule is COc1ccc(CCCNC(=O)[C@H]2CCCN(S(=O)(=O)c3cccs3)C2)cc1. The summed E-state index contributed by atoms with van der Waals surface area (Å²) in [6.07, 6.45) is 3.13. The quantitative estimate of drug-likeness (QED) is 0.664. The predicted molar refractivity (Wildman–Crippen MR) is 110 cm³/mol. The highest BCUT2D eigenvalue weighted by atomic mass is 32.2. The van der Waals surface area contributed by atoms with Crippen LogP contribution in [0.5, 0.6) is 5.75 Å². The summed E-state index contributed by atoms with van der Waals surface area (Å²) in [5, 5.41) is 4.72. The highest BCUT2D eigenvalue weighted by molar-refractivity contribution is 7.91. The van der Waals surface area contributed by atoms with Gasteiger partial charge < -0.3 is 10.1 Å². The molecule has 1 N–H and O–H groups in total. The zero-order valence-corrected chi connectivity index (χ0v) is 17.6. The Balaban J connectivity index is 1.46. The molecule has 0 saturated carbocycles. The smallest absolute Gasteiger partial charge is 0.252 e. The number of amides is 1. The Kier molecular flexibility index (Phi) is 7.09. The van der Waals surface area contributed by atoms with E-state index < -0.39 is 10.0 Å². The lowest BCUT2D eigenvalue weighted by atomic mass is 9.99. The normalized spacial score (nSPS) is 18.0. The van der Waals surface area contributed by atoms with Crippen molar-refractivity contribution < 1.29 is 17.9 Å². The zero-order chi connectivity index (χ0) is 20.0. The van der Waals surface area contributed by atoms with Crippen LogP contribution in [0.2, 0.25) is 0 Å². The van der Waals surface area contributed by atoms with Crippen molar-refractivity contribution in [2.45, 2.75) is 29.9 Å². The van der Waals surface area contributed by atoms with E-state index in [2.05, 4.69) is 5.32 Å². The molecule has 1 aliphatic heterocycles. The summed E-state index contributed by atoms with van der Waals surface area (Å²) in [5.74, 6) is 0.488. The number of nitrogens with zero attached hydrogens (tertiary/aromatic N) is 1. The Bertz CT molecular complexity index is 864. The summed E-state index contributed by atoms with van der Waals surface area (Å²) in [6.45, 7) is 1.31. The van der Waals surface area contributed by atoms with Gasteiger partial charge in [-0.3, -0.25) is 4.79 Å². The summed E-state index contributed by atoms with van der Waals surface area (Å²) in [7, 11) is -1.85. The number of thiophene rings is 1. The summed E-state index contributed by atoms with van der Waals surface area (Å²) in [6, 6.07) is 11.2. The van der Waals surface area contributed by atoms with Crippen molar-refractivity contribution in [3.8, 4) is 5.75 Å². The Labute approximate surface area is 170 Å². The average Bonchev–Trinajstić information content (AvgIpc) is 3.27. The number of nitrogens with one attached hydrogen (secondary N) is 1. The number of hydrogen-bond donors (Lipinski definition) is 1. The number of piperidine rings is 1. The largest absolute Gasteiger partial charge is 0.497 e. The molecule has 1 atom stereocenters. The molecule has 2 aromatic rings. The lowest BCUT2D eigenvalue weighted by Crippen LogP contribution is -2.45. The van der Waals surface area contributed by atoms with Crippen molar-refractivity contribution in [2.75, 3.05) is 26.7 Å². The second-order valence-corrected chi connectivity index (χ2v) is 9.99. The van der Waals surface area contributed by atoms with Gasteiger partial charge in [-0.25, -0.2) is 8.42 Å². The minimum atomic E-state index is -3.49. The molecule has 0 unspecified atom stereocenters. The van der Waals surface area contributed by atoms with E-state index >= 15 is 0 Å². The van der Waals surface area contributed by atoms with Crippen molar-refractivity contribution in [3.05, 3.63) is 47.3 Å². The summed E-state index contributed by atoms with van der Waals surface area (Å²) in [4.78, 5) is 12.5. The van der Waals surface area contributed by atoms with E-state index in [0.717, 1.165) is 25.0 Å². The lowest BCUT2D eigenvalue weighted by Gasteiger charge is -2.30. The third-order valence-corrected chi connectivity index (χ3v) is 8.18. The topological polar surface area (TPSA) is 75.7 Å². The second-order valence-electron chi connectivity index (χ2n) is 6.88. The number of carbonyl (C=O) groups excluding carboxylic acids is 1. The van der Waals surface area contributed by atoms with Gasteiger partial charge in [0, 0.05) is 19.6 Å². The van der Waals surface area contributed by atoms with Crippen LogP contribution in [-0.4, -0.2) is 45.4 Å².